The zero-order valence-electron chi connectivity index (χ0n) is 10.6. The molecule has 1 aliphatic heterocycles. The maximum absolute atomic E-state index is 12.2. The molecule has 0 saturated heterocycles. The van der Waals surface area contributed by atoms with Gasteiger partial charge in [-0.15, -0.1) is 11.3 Å². The Morgan fingerprint density at radius 3 is 2.95 bits per heavy atom. The number of rotatable bonds is 3. The molecular formula is C15H15NO2S. The van der Waals surface area contributed by atoms with Crippen molar-refractivity contribution in [3.05, 3.63) is 52.2 Å². The zero-order chi connectivity index (χ0) is 13.2. The van der Waals surface area contributed by atoms with Gasteiger partial charge in [-0.2, -0.15) is 0 Å². The summed E-state index contributed by atoms with van der Waals surface area (Å²) in [5, 5.41) is 5.02. The summed E-state index contributed by atoms with van der Waals surface area (Å²) >= 11 is 1.65. The first kappa shape index (κ1) is 12.2. The fraction of sp³-hybridized carbons (Fsp3) is 0.267. The highest BCUT2D eigenvalue weighted by molar-refractivity contribution is 7.10. The van der Waals surface area contributed by atoms with Crippen LogP contribution < -0.4 is 10.1 Å². The number of amides is 1. The van der Waals surface area contributed by atoms with Crippen LogP contribution in [0.2, 0.25) is 0 Å². The molecule has 1 N–H and O–H groups in total. The van der Waals surface area contributed by atoms with Gasteiger partial charge in [0.15, 0.2) is 6.10 Å². The molecule has 3 nitrogen and oxygen atoms in total. The lowest BCUT2D eigenvalue weighted by Gasteiger charge is -2.16. The van der Waals surface area contributed by atoms with Gasteiger partial charge in [0, 0.05) is 11.3 Å². The van der Waals surface area contributed by atoms with Gasteiger partial charge in [-0.3, -0.25) is 4.79 Å². The van der Waals surface area contributed by atoms with Crippen LogP contribution in [0.3, 0.4) is 0 Å². The standard InChI is InChI=1S/C15H15NO2S/c1-10(14-7-4-8-19-14)16-15(17)13-9-11-5-2-3-6-12(11)18-13/h2-8,10,13H,9H2,1H3,(H,16,17)/t10-,13+/m1/s1. The molecule has 4 heteroatoms. The van der Waals surface area contributed by atoms with Crippen LogP contribution in [-0.4, -0.2) is 12.0 Å². The molecule has 0 bridgehead atoms. The van der Waals surface area contributed by atoms with Gasteiger partial charge in [0.25, 0.3) is 5.91 Å². The summed E-state index contributed by atoms with van der Waals surface area (Å²) in [7, 11) is 0. The van der Waals surface area contributed by atoms with Gasteiger partial charge in [0.2, 0.25) is 0 Å². The summed E-state index contributed by atoms with van der Waals surface area (Å²) < 4.78 is 5.68. The molecule has 1 aliphatic rings. The van der Waals surface area contributed by atoms with Gasteiger partial charge in [0.05, 0.1) is 6.04 Å². The lowest BCUT2D eigenvalue weighted by Crippen LogP contribution is -2.38. The van der Waals surface area contributed by atoms with Crippen molar-refractivity contribution in [1.29, 1.82) is 0 Å². The van der Waals surface area contributed by atoms with Crippen LogP contribution in [0.1, 0.15) is 23.4 Å². The van der Waals surface area contributed by atoms with E-state index in [4.69, 9.17) is 4.74 Å². The molecule has 3 rings (SSSR count). The number of hydrogen-bond donors (Lipinski definition) is 1. The predicted molar refractivity (Wildman–Crippen MR) is 75.4 cm³/mol. The van der Waals surface area contributed by atoms with Crippen molar-refractivity contribution in [2.45, 2.75) is 25.5 Å². The average Bonchev–Trinajstić information content (AvgIpc) is 3.07. The second-order valence-corrected chi connectivity index (χ2v) is 5.64. The van der Waals surface area contributed by atoms with Gasteiger partial charge in [-0.1, -0.05) is 24.3 Å². The first-order chi connectivity index (χ1) is 9.24. The number of para-hydroxylation sites is 1. The Hall–Kier alpha value is -1.81. The minimum absolute atomic E-state index is 0.0276. The maximum atomic E-state index is 12.2. The molecule has 2 atom stereocenters. The van der Waals surface area contributed by atoms with E-state index < -0.39 is 6.10 Å². The van der Waals surface area contributed by atoms with Crippen molar-refractivity contribution in [1.82, 2.24) is 5.32 Å². The smallest absolute Gasteiger partial charge is 0.261 e. The Kier molecular flexibility index (Phi) is 3.25. The zero-order valence-corrected chi connectivity index (χ0v) is 11.4. The van der Waals surface area contributed by atoms with Crippen molar-refractivity contribution < 1.29 is 9.53 Å². The SMILES string of the molecule is C[C@@H](NC(=O)[C@@H]1Cc2ccccc2O1)c1cccs1. The highest BCUT2D eigenvalue weighted by Gasteiger charge is 2.29. The second kappa shape index (κ2) is 5.05. The van der Waals surface area contributed by atoms with E-state index in [9.17, 15) is 4.79 Å². The van der Waals surface area contributed by atoms with Crippen molar-refractivity contribution >= 4 is 17.2 Å². The van der Waals surface area contributed by atoms with Crippen LogP contribution in [0.5, 0.6) is 5.75 Å². The number of hydrogen-bond acceptors (Lipinski definition) is 3. The minimum atomic E-state index is -0.403. The first-order valence-electron chi connectivity index (χ1n) is 6.32. The van der Waals surface area contributed by atoms with Gasteiger partial charge in [-0.05, 0) is 30.0 Å². The molecule has 1 amide bonds. The Bertz CT molecular complexity index is 555. The number of fused-ring (bicyclic) bond motifs is 1. The van der Waals surface area contributed by atoms with Gasteiger partial charge < -0.3 is 10.1 Å². The molecule has 1 aromatic heterocycles. The van der Waals surface area contributed by atoms with Crippen LogP contribution in [0, 0.1) is 0 Å². The molecule has 0 saturated carbocycles. The summed E-state index contributed by atoms with van der Waals surface area (Å²) in [4.78, 5) is 13.3. The van der Waals surface area contributed by atoms with E-state index in [0.29, 0.717) is 6.42 Å². The van der Waals surface area contributed by atoms with E-state index >= 15 is 0 Å². The maximum Gasteiger partial charge on any atom is 0.261 e. The molecule has 0 spiro atoms. The van der Waals surface area contributed by atoms with E-state index in [-0.39, 0.29) is 11.9 Å². The summed E-state index contributed by atoms with van der Waals surface area (Å²) in [6.45, 7) is 1.99. The molecule has 2 aromatic rings. The van der Waals surface area contributed by atoms with Crippen molar-refractivity contribution in [3.8, 4) is 5.75 Å². The lowest BCUT2D eigenvalue weighted by molar-refractivity contribution is -0.127. The third-order valence-corrected chi connectivity index (χ3v) is 4.32. The van der Waals surface area contributed by atoms with Crippen LogP contribution >= 0.6 is 11.3 Å². The molecule has 0 radical (unpaired) electrons. The number of ether oxygens (including phenoxy) is 1. The molecule has 2 heterocycles. The van der Waals surface area contributed by atoms with Crippen LogP contribution in [0.4, 0.5) is 0 Å². The predicted octanol–water partition coefficient (Wildman–Crippen LogP) is 2.93. The summed E-state index contributed by atoms with van der Waals surface area (Å²) in [6.07, 6.45) is 0.249. The highest BCUT2D eigenvalue weighted by Crippen LogP contribution is 2.28. The van der Waals surface area contributed by atoms with Crippen LogP contribution in [-0.2, 0) is 11.2 Å². The van der Waals surface area contributed by atoms with Crippen molar-refractivity contribution in [3.63, 3.8) is 0 Å². The number of thiophene rings is 1. The third kappa shape index (κ3) is 2.49. The molecule has 98 valence electrons. The summed E-state index contributed by atoms with van der Waals surface area (Å²) in [5.41, 5.74) is 1.10. The van der Waals surface area contributed by atoms with Crippen LogP contribution in [0.15, 0.2) is 41.8 Å². The largest absolute Gasteiger partial charge is 0.480 e. The molecule has 0 aliphatic carbocycles. The normalized spacial score (nSPS) is 18.5. The number of carbonyl (C=O) groups is 1. The Labute approximate surface area is 116 Å². The van der Waals surface area contributed by atoms with Crippen LogP contribution in [0.25, 0.3) is 0 Å². The summed E-state index contributed by atoms with van der Waals surface area (Å²) in [5.74, 6) is 0.781. The fourth-order valence-corrected chi connectivity index (χ4v) is 2.98. The van der Waals surface area contributed by atoms with E-state index in [0.717, 1.165) is 16.2 Å². The lowest BCUT2D eigenvalue weighted by atomic mass is 10.1. The van der Waals surface area contributed by atoms with E-state index in [2.05, 4.69) is 5.32 Å². The average molecular weight is 273 g/mol. The minimum Gasteiger partial charge on any atom is -0.480 e. The second-order valence-electron chi connectivity index (χ2n) is 4.66. The van der Waals surface area contributed by atoms with E-state index in [1.54, 1.807) is 11.3 Å². The van der Waals surface area contributed by atoms with E-state index in [1.165, 1.54) is 0 Å². The Balaban J connectivity index is 1.64. The molecule has 1 aromatic carbocycles. The monoisotopic (exact) mass is 273 g/mol. The van der Waals surface area contributed by atoms with Crippen molar-refractivity contribution in [2.75, 3.05) is 0 Å². The first-order valence-corrected chi connectivity index (χ1v) is 7.20. The van der Waals surface area contributed by atoms with Gasteiger partial charge in [-0.25, -0.2) is 0 Å². The fourth-order valence-electron chi connectivity index (χ4n) is 2.24. The highest BCUT2D eigenvalue weighted by atomic mass is 32.1. The molecule has 0 fully saturated rings. The quantitative estimate of drug-likeness (QED) is 0.933. The molecule has 0 unspecified atom stereocenters. The third-order valence-electron chi connectivity index (χ3n) is 3.27. The number of carbonyl (C=O) groups excluding carboxylic acids is 1. The topological polar surface area (TPSA) is 38.3 Å². The van der Waals surface area contributed by atoms with Crippen molar-refractivity contribution in [2.24, 2.45) is 0 Å². The Morgan fingerprint density at radius 2 is 2.21 bits per heavy atom. The van der Waals surface area contributed by atoms with Gasteiger partial charge >= 0.3 is 0 Å². The van der Waals surface area contributed by atoms with E-state index in [1.807, 2.05) is 48.7 Å². The molecule has 19 heavy (non-hydrogen) atoms. The number of benzene rings is 1. The molecular weight excluding hydrogens is 258 g/mol. The number of nitrogens with one attached hydrogen (secondary N) is 1. The summed E-state index contributed by atoms with van der Waals surface area (Å²) in [6, 6.07) is 11.9. The van der Waals surface area contributed by atoms with Gasteiger partial charge in [0.1, 0.15) is 5.75 Å². The Morgan fingerprint density at radius 1 is 1.37 bits per heavy atom.